The summed E-state index contributed by atoms with van der Waals surface area (Å²) in [5, 5.41) is 4.46. The summed E-state index contributed by atoms with van der Waals surface area (Å²) in [4.78, 5) is 35.2. The minimum absolute atomic E-state index is 0.138. The van der Waals surface area contributed by atoms with Crippen LogP contribution in [-0.2, 0) is 24.3 Å². The number of esters is 1. The number of benzene rings is 1. The van der Waals surface area contributed by atoms with Crippen LogP contribution in [0.2, 0.25) is 0 Å². The summed E-state index contributed by atoms with van der Waals surface area (Å²) < 4.78 is 50.5. The average molecular weight is 459 g/mol. The second-order valence-corrected chi connectivity index (χ2v) is 9.16. The van der Waals surface area contributed by atoms with Crippen molar-refractivity contribution in [2.75, 3.05) is 39.5 Å². The number of hydrogen-bond acceptors (Lipinski definition) is 7. The quantitative estimate of drug-likeness (QED) is 0.552. The lowest BCUT2D eigenvalue weighted by molar-refractivity contribution is -0.123. The number of morpholine rings is 1. The number of rotatable bonds is 8. The van der Waals surface area contributed by atoms with Crippen LogP contribution in [0.15, 0.2) is 23.1 Å². The van der Waals surface area contributed by atoms with Crippen LogP contribution >= 0.6 is 0 Å². The van der Waals surface area contributed by atoms with E-state index in [1.54, 1.807) is 0 Å². The molecule has 1 aliphatic heterocycles. The van der Waals surface area contributed by atoms with Crippen LogP contribution in [0.4, 0.5) is 9.18 Å². The molecule has 172 valence electrons. The fourth-order valence-corrected chi connectivity index (χ4v) is 4.08. The van der Waals surface area contributed by atoms with Gasteiger partial charge in [-0.1, -0.05) is 13.8 Å². The van der Waals surface area contributed by atoms with E-state index in [0.717, 1.165) is 24.6 Å². The van der Waals surface area contributed by atoms with Gasteiger partial charge in [-0.15, -0.1) is 0 Å². The molecule has 1 saturated heterocycles. The molecule has 31 heavy (non-hydrogen) atoms. The first-order valence-electron chi connectivity index (χ1n) is 9.73. The molecule has 0 unspecified atom stereocenters. The van der Waals surface area contributed by atoms with E-state index in [9.17, 15) is 27.2 Å². The normalized spacial score (nSPS) is 14.8. The van der Waals surface area contributed by atoms with Crippen molar-refractivity contribution in [3.8, 4) is 0 Å². The Bertz CT molecular complexity index is 915. The van der Waals surface area contributed by atoms with E-state index in [1.807, 2.05) is 19.2 Å². The van der Waals surface area contributed by atoms with Crippen LogP contribution in [-0.4, -0.2) is 70.1 Å². The van der Waals surface area contributed by atoms with Crippen molar-refractivity contribution < 1.29 is 36.7 Å². The van der Waals surface area contributed by atoms with E-state index in [1.165, 1.54) is 4.31 Å². The molecule has 3 amide bonds. The topological polar surface area (TPSA) is 131 Å². The Labute approximate surface area is 180 Å². The highest BCUT2D eigenvalue weighted by Crippen LogP contribution is 2.20. The smallest absolute Gasteiger partial charge is 0.341 e. The molecular weight excluding hydrogens is 433 g/mol. The molecule has 1 aliphatic rings. The Morgan fingerprint density at radius 2 is 1.90 bits per heavy atom. The summed E-state index contributed by atoms with van der Waals surface area (Å²) in [6, 6.07) is 2.00. The summed E-state index contributed by atoms with van der Waals surface area (Å²) in [5.74, 6) is -2.77. The minimum atomic E-state index is -3.95. The molecule has 0 bridgehead atoms. The molecule has 0 saturated carbocycles. The van der Waals surface area contributed by atoms with Gasteiger partial charge in [-0.3, -0.25) is 10.1 Å². The molecule has 0 spiro atoms. The number of carbonyl (C=O) groups excluding carboxylic acids is 3. The monoisotopic (exact) mass is 459 g/mol. The van der Waals surface area contributed by atoms with E-state index in [2.05, 4.69) is 5.32 Å². The first kappa shape index (κ1) is 24.7. The Hall–Kier alpha value is -2.57. The predicted molar refractivity (Wildman–Crippen MR) is 107 cm³/mol. The third-order valence-corrected chi connectivity index (χ3v) is 6.25. The zero-order chi connectivity index (χ0) is 23.0. The maximum absolute atomic E-state index is 14.1. The molecule has 0 aromatic heterocycles. The number of hydrogen-bond donors (Lipinski definition) is 2. The van der Waals surface area contributed by atoms with E-state index < -0.39 is 45.9 Å². The highest BCUT2D eigenvalue weighted by atomic mass is 32.2. The van der Waals surface area contributed by atoms with Crippen molar-refractivity contribution in [1.82, 2.24) is 14.9 Å². The van der Waals surface area contributed by atoms with Crippen molar-refractivity contribution in [2.45, 2.75) is 25.2 Å². The molecule has 2 rings (SSSR count). The summed E-state index contributed by atoms with van der Waals surface area (Å²) in [6.45, 7) is 4.22. The number of halogens is 1. The lowest BCUT2D eigenvalue weighted by Crippen LogP contribution is -2.42. The Morgan fingerprint density at radius 3 is 2.55 bits per heavy atom. The molecule has 1 fully saturated rings. The SMILES string of the molecule is CC(C)CCNC(=O)NC(=O)COC(=O)c1cc(S(=O)(=O)N2CCOCC2)ccc1F. The Kier molecular flexibility index (Phi) is 8.89. The van der Waals surface area contributed by atoms with Crippen LogP contribution in [0, 0.1) is 11.7 Å². The Morgan fingerprint density at radius 1 is 1.23 bits per heavy atom. The highest BCUT2D eigenvalue weighted by molar-refractivity contribution is 7.89. The summed E-state index contributed by atoms with van der Waals surface area (Å²) >= 11 is 0. The van der Waals surface area contributed by atoms with Gasteiger partial charge in [0, 0.05) is 19.6 Å². The van der Waals surface area contributed by atoms with E-state index >= 15 is 0 Å². The Balaban J connectivity index is 1.96. The van der Waals surface area contributed by atoms with Crippen LogP contribution in [0.3, 0.4) is 0 Å². The van der Waals surface area contributed by atoms with Gasteiger partial charge in [-0.05, 0) is 30.5 Å². The molecule has 0 atom stereocenters. The van der Waals surface area contributed by atoms with E-state index in [0.29, 0.717) is 12.5 Å². The van der Waals surface area contributed by atoms with Crippen LogP contribution in [0.25, 0.3) is 0 Å². The minimum Gasteiger partial charge on any atom is -0.452 e. The van der Waals surface area contributed by atoms with Gasteiger partial charge >= 0.3 is 12.0 Å². The lowest BCUT2D eigenvalue weighted by Gasteiger charge is -2.26. The van der Waals surface area contributed by atoms with Crippen molar-refractivity contribution in [3.05, 3.63) is 29.6 Å². The van der Waals surface area contributed by atoms with Gasteiger partial charge < -0.3 is 14.8 Å². The molecule has 1 aromatic rings. The zero-order valence-electron chi connectivity index (χ0n) is 17.4. The van der Waals surface area contributed by atoms with Gasteiger partial charge in [-0.25, -0.2) is 22.4 Å². The lowest BCUT2D eigenvalue weighted by atomic mass is 10.1. The third-order valence-electron chi connectivity index (χ3n) is 4.36. The van der Waals surface area contributed by atoms with Crippen LogP contribution in [0.1, 0.15) is 30.6 Å². The first-order chi connectivity index (χ1) is 14.6. The molecule has 1 heterocycles. The van der Waals surface area contributed by atoms with Crippen molar-refractivity contribution in [2.24, 2.45) is 5.92 Å². The number of urea groups is 1. The molecule has 0 aliphatic carbocycles. The van der Waals surface area contributed by atoms with Crippen molar-refractivity contribution >= 4 is 27.9 Å². The molecule has 1 aromatic carbocycles. The second-order valence-electron chi connectivity index (χ2n) is 7.22. The largest absolute Gasteiger partial charge is 0.452 e. The van der Waals surface area contributed by atoms with Gasteiger partial charge in [0.15, 0.2) is 6.61 Å². The number of ether oxygens (including phenoxy) is 2. The third kappa shape index (κ3) is 7.26. The second kappa shape index (κ2) is 11.2. The summed E-state index contributed by atoms with van der Waals surface area (Å²) in [5.41, 5.74) is -0.636. The zero-order valence-corrected chi connectivity index (χ0v) is 18.2. The van der Waals surface area contributed by atoms with Gasteiger partial charge in [-0.2, -0.15) is 4.31 Å². The first-order valence-corrected chi connectivity index (χ1v) is 11.2. The number of carbonyl (C=O) groups is 3. The number of nitrogens with one attached hydrogen (secondary N) is 2. The van der Waals surface area contributed by atoms with Crippen LogP contribution < -0.4 is 10.6 Å². The van der Waals surface area contributed by atoms with Crippen LogP contribution in [0.5, 0.6) is 0 Å². The summed E-state index contributed by atoms with van der Waals surface area (Å²) in [7, 11) is -3.95. The number of sulfonamides is 1. The number of imide groups is 1. The van der Waals surface area contributed by atoms with Gasteiger partial charge in [0.2, 0.25) is 10.0 Å². The average Bonchev–Trinajstić information content (AvgIpc) is 2.72. The molecule has 0 radical (unpaired) electrons. The fourth-order valence-electron chi connectivity index (χ4n) is 2.65. The number of amides is 3. The van der Waals surface area contributed by atoms with E-state index in [-0.39, 0.29) is 31.2 Å². The molecule has 2 N–H and O–H groups in total. The van der Waals surface area contributed by atoms with E-state index in [4.69, 9.17) is 9.47 Å². The standard InChI is InChI=1S/C19H26FN3O7S/c1-13(2)5-6-21-19(26)22-17(24)12-30-18(25)15-11-14(3-4-16(15)20)31(27,28)23-7-9-29-10-8-23/h3-4,11,13H,5-10,12H2,1-2H3,(H2,21,22,24,26). The summed E-state index contributed by atoms with van der Waals surface area (Å²) in [6.07, 6.45) is 0.722. The van der Waals surface area contributed by atoms with Gasteiger partial charge in [0.25, 0.3) is 5.91 Å². The molecule has 12 heteroatoms. The predicted octanol–water partition coefficient (Wildman–Crippen LogP) is 0.875. The maximum atomic E-state index is 14.1. The molecule has 10 nitrogen and oxygen atoms in total. The maximum Gasteiger partial charge on any atom is 0.341 e. The van der Waals surface area contributed by atoms with Crippen molar-refractivity contribution in [3.63, 3.8) is 0 Å². The molecular formula is C19H26FN3O7S. The van der Waals surface area contributed by atoms with Gasteiger partial charge in [0.1, 0.15) is 5.82 Å². The number of nitrogens with zero attached hydrogens (tertiary/aromatic N) is 1. The fraction of sp³-hybridized carbons (Fsp3) is 0.526. The van der Waals surface area contributed by atoms with Gasteiger partial charge in [0.05, 0.1) is 23.7 Å². The van der Waals surface area contributed by atoms with Crippen molar-refractivity contribution in [1.29, 1.82) is 0 Å². The highest BCUT2D eigenvalue weighted by Gasteiger charge is 2.28.